The predicted molar refractivity (Wildman–Crippen MR) is 75.1 cm³/mol. The fourth-order valence-electron chi connectivity index (χ4n) is 2.78. The molecule has 0 aliphatic carbocycles. The fourth-order valence-corrected chi connectivity index (χ4v) is 2.78. The fraction of sp³-hybridized carbons (Fsp3) is 0.929. The quantitative estimate of drug-likeness (QED) is 0.798. The van der Waals surface area contributed by atoms with Gasteiger partial charge in [-0.1, -0.05) is 0 Å². The van der Waals surface area contributed by atoms with Crippen LogP contribution in [0.1, 0.15) is 26.7 Å². The summed E-state index contributed by atoms with van der Waals surface area (Å²) in [5.74, 6) is 0.217. The Hall–Kier alpha value is -0.650. The Balaban J connectivity index is 1.64. The molecule has 2 aliphatic heterocycles. The first-order chi connectivity index (χ1) is 9.16. The van der Waals surface area contributed by atoms with Crippen LogP contribution in [-0.2, 0) is 9.53 Å². The average Bonchev–Trinajstić information content (AvgIpc) is 2.46. The first kappa shape index (κ1) is 14.8. The molecule has 5 nitrogen and oxygen atoms in total. The molecule has 2 saturated heterocycles. The summed E-state index contributed by atoms with van der Waals surface area (Å²) in [4.78, 5) is 16.4. The van der Waals surface area contributed by atoms with E-state index in [1.54, 1.807) is 0 Å². The Labute approximate surface area is 116 Å². The third kappa shape index (κ3) is 4.44. The van der Waals surface area contributed by atoms with Crippen LogP contribution in [0.2, 0.25) is 0 Å². The van der Waals surface area contributed by atoms with E-state index in [-0.39, 0.29) is 5.91 Å². The predicted octanol–water partition coefficient (Wildman–Crippen LogP) is 0.308. The molecule has 2 rings (SSSR count). The van der Waals surface area contributed by atoms with Gasteiger partial charge in [0.1, 0.15) is 0 Å². The normalized spacial score (nSPS) is 23.0. The van der Waals surface area contributed by atoms with Crippen LogP contribution < -0.4 is 5.32 Å². The first-order valence-corrected chi connectivity index (χ1v) is 7.50. The molecule has 0 aromatic rings. The molecule has 0 aromatic carbocycles. The molecule has 0 unspecified atom stereocenters. The first-order valence-electron chi connectivity index (χ1n) is 7.50. The van der Waals surface area contributed by atoms with Crippen molar-refractivity contribution in [1.29, 1.82) is 0 Å². The Kier molecular flexibility index (Phi) is 5.60. The van der Waals surface area contributed by atoms with Gasteiger partial charge in [-0.2, -0.15) is 0 Å². The van der Waals surface area contributed by atoms with Gasteiger partial charge in [-0.25, -0.2) is 0 Å². The number of carbonyl (C=O) groups is 1. The van der Waals surface area contributed by atoms with Crippen molar-refractivity contribution < 1.29 is 9.53 Å². The molecule has 1 amide bonds. The number of likely N-dealkylation sites (tertiary alicyclic amines) is 1. The number of morpholine rings is 1. The van der Waals surface area contributed by atoms with E-state index in [9.17, 15) is 4.79 Å². The number of hydrogen-bond acceptors (Lipinski definition) is 4. The van der Waals surface area contributed by atoms with Crippen molar-refractivity contribution in [2.75, 3.05) is 45.9 Å². The summed E-state index contributed by atoms with van der Waals surface area (Å²) in [5.41, 5.74) is 0. The number of hydrogen-bond donors (Lipinski definition) is 1. The van der Waals surface area contributed by atoms with Crippen LogP contribution in [0.25, 0.3) is 0 Å². The van der Waals surface area contributed by atoms with Gasteiger partial charge in [0.05, 0.1) is 19.8 Å². The molecule has 2 heterocycles. The molecule has 110 valence electrons. The van der Waals surface area contributed by atoms with Crippen LogP contribution in [0.5, 0.6) is 0 Å². The zero-order chi connectivity index (χ0) is 13.7. The van der Waals surface area contributed by atoms with Crippen LogP contribution in [0.3, 0.4) is 0 Å². The molecular weight excluding hydrogens is 242 g/mol. The Morgan fingerprint density at radius 2 is 1.84 bits per heavy atom. The van der Waals surface area contributed by atoms with Crippen LogP contribution >= 0.6 is 0 Å². The van der Waals surface area contributed by atoms with Crippen molar-refractivity contribution >= 4 is 5.91 Å². The van der Waals surface area contributed by atoms with Crippen molar-refractivity contribution in [2.45, 2.75) is 38.8 Å². The third-order valence-electron chi connectivity index (χ3n) is 4.17. The van der Waals surface area contributed by atoms with E-state index in [1.165, 1.54) is 0 Å². The number of nitrogens with zero attached hydrogens (tertiary/aromatic N) is 2. The van der Waals surface area contributed by atoms with Crippen molar-refractivity contribution in [3.05, 3.63) is 0 Å². The topological polar surface area (TPSA) is 44.8 Å². The molecule has 0 spiro atoms. The Morgan fingerprint density at radius 3 is 2.42 bits per heavy atom. The Bertz CT molecular complexity index is 282. The summed E-state index contributed by atoms with van der Waals surface area (Å²) in [7, 11) is 0. The molecule has 2 fully saturated rings. The van der Waals surface area contributed by atoms with Gasteiger partial charge >= 0.3 is 0 Å². The summed E-state index contributed by atoms with van der Waals surface area (Å²) in [6.45, 7) is 10.1. The molecule has 0 radical (unpaired) electrons. The lowest BCUT2D eigenvalue weighted by Crippen LogP contribution is -2.49. The zero-order valence-electron chi connectivity index (χ0n) is 12.2. The van der Waals surface area contributed by atoms with Gasteiger partial charge in [0.2, 0.25) is 5.91 Å². The summed E-state index contributed by atoms with van der Waals surface area (Å²) in [6.07, 6.45) is 2.29. The second kappa shape index (κ2) is 7.22. The highest BCUT2D eigenvalue weighted by Crippen LogP contribution is 2.12. The highest BCUT2D eigenvalue weighted by atomic mass is 16.5. The maximum absolute atomic E-state index is 12.0. The lowest BCUT2D eigenvalue weighted by atomic mass is 10.0. The van der Waals surface area contributed by atoms with E-state index in [4.69, 9.17) is 4.74 Å². The Morgan fingerprint density at radius 1 is 1.21 bits per heavy atom. The van der Waals surface area contributed by atoms with E-state index in [1.807, 2.05) is 4.90 Å². The van der Waals surface area contributed by atoms with E-state index in [0.717, 1.165) is 39.0 Å². The maximum Gasteiger partial charge on any atom is 0.236 e. The SMILES string of the molecule is CC(C)N1CCC(NCC(=O)N2CCOCC2)CC1. The van der Waals surface area contributed by atoms with Gasteiger partial charge in [-0.15, -0.1) is 0 Å². The highest BCUT2D eigenvalue weighted by Gasteiger charge is 2.22. The molecule has 2 aliphatic rings. The monoisotopic (exact) mass is 269 g/mol. The number of ether oxygens (including phenoxy) is 1. The summed E-state index contributed by atoms with van der Waals surface area (Å²) < 4.78 is 5.26. The average molecular weight is 269 g/mol. The van der Waals surface area contributed by atoms with Gasteiger partial charge < -0.3 is 19.9 Å². The summed E-state index contributed by atoms with van der Waals surface area (Å²) >= 11 is 0. The van der Waals surface area contributed by atoms with Gasteiger partial charge in [0, 0.05) is 25.2 Å². The van der Waals surface area contributed by atoms with Crippen LogP contribution in [-0.4, -0.2) is 73.7 Å². The van der Waals surface area contributed by atoms with E-state index < -0.39 is 0 Å². The van der Waals surface area contributed by atoms with Crippen molar-refractivity contribution in [2.24, 2.45) is 0 Å². The molecule has 1 N–H and O–H groups in total. The lowest BCUT2D eigenvalue weighted by Gasteiger charge is -2.35. The minimum atomic E-state index is 0.217. The number of carbonyl (C=O) groups excluding carboxylic acids is 1. The van der Waals surface area contributed by atoms with Gasteiger partial charge in [-0.3, -0.25) is 4.79 Å². The molecule has 0 saturated carbocycles. The van der Waals surface area contributed by atoms with Crippen molar-refractivity contribution in [1.82, 2.24) is 15.1 Å². The number of nitrogens with one attached hydrogen (secondary N) is 1. The van der Waals surface area contributed by atoms with Gasteiger partial charge in [0.15, 0.2) is 0 Å². The summed E-state index contributed by atoms with van der Waals surface area (Å²) in [6, 6.07) is 1.14. The lowest BCUT2D eigenvalue weighted by molar-refractivity contribution is -0.134. The van der Waals surface area contributed by atoms with Crippen molar-refractivity contribution in [3.63, 3.8) is 0 Å². The largest absolute Gasteiger partial charge is 0.378 e. The number of piperidine rings is 1. The maximum atomic E-state index is 12.0. The molecular formula is C14H27N3O2. The molecule has 0 atom stereocenters. The van der Waals surface area contributed by atoms with E-state index in [2.05, 4.69) is 24.1 Å². The summed E-state index contributed by atoms with van der Waals surface area (Å²) in [5, 5.41) is 3.42. The standard InChI is InChI=1S/C14H27N3O2/c1-12(2)16-5-3-13(4-6-16)15-11-14(18)17-7-9-19-10-8-17/h12-13,15H,3-11H2,1-2H3. The van der Waals surface area contributed by atoms with E-state index in [0.29, 0.717) is 31.8 Å². The number of rotatable bonds is 4. The van der Waals surface area contributed by atoms with Crippen LogP contribution in [0.4, 0.5) is 0 Å². The van der Waals surface area contributed by atoms with Gasteiger partial charge in [0.25, 0.3) is 0 Å². The number of amides is 1. The highest BCUT2D eigenvalue weighted by molar-refractivity contribution is 5.78. The minimum Gasteiger partial charge on any atom is -0.378 e. The second-order valence-electron chi connectivity index (χ2n) is 5.78. The molecule has 0 aromatic heterocycles. The van der Waals surface area contributed by atoms with E-state index >= 15 is 0 Å². The third-order valence-corrected chi connectivity index (χ3v) is 4.17. The van der Waals surface area contributed by atoms with Crippen molar-refractivity contribution in [3.8, 4) is 0 Å². The molecule has 5 heteroatoms. The van der Waals surface area contributed by atoms with Gasteiger partial charge in [-0.05, 0) is 39.8 Å². The second-order valence-corrected chi connectivity index (χ2v) is 5.78. The molecule has 19 heavy (non-hydrogen) atoms. The minimum absolute atomic E-state index is 0.217. The zero-order valence-corrected chi connectivity index (χ0v) is 12.2. The molecule has 0 bridgehead atoms. The van der Waals surface area contributed by atoms with Crippen LogP contribution in [0, 0.1) is 0 Å². The van der Waals surface area contributed by atoms with Crippen LogP contribution in [0.15, 0.2) is 0 Å². The smallest absolute Gasteiger partial charge is 0.236 e.